The Kier molecular flexibility index (Phi) is 3.56. The van der Waals surface area contributed by atoms with Crippen molar-refractivity contribution in [3.05, 3.63) is 35.4 Å². The van der Waals surface area contributed by atoms with E-state index in [9.17, 15) is 10.4 Å². The van der Waals surface area contributed by atoms with Crippen molar-refractivity contribution < 1.29 is 5.11 Å². The monoisotopic (exact) mass is 269 g/mol. The van der Waals surface area contributed by atoms with E-state index in [-0.39, 0.29) is 0 Å². The van der Waals surface area contributed by atoms with Crippen molar-refractivity contribution in [1.29, 1.82) is 5.26 Å². The number of hydrogen-bond acceptors (Lipinski definition) is 2. The largest absolute Gasteiger partial charge is 0.387 e. The molecule has 0 spiro atoms. The molecule has 2 nitrogen and oxygen atoms in total. The summed E-state index contributed by atoms with van der Waals surface area (Å²) in [4.78, 5) is 0. The van der Waals surface area contributed by atoms with Crippen LogP contribution in [0.3, 0.4) is 0 Å². The maximum atomic E-state index is 10.9. The molecule has 106 valence electrons. The van der Waals surface area contributed by atoms with Crippen LogP contribution >= 0.6 is 0 Å². The van der Waals surface area contributed by atoms with Crippen LogP contribution in [-0.4, -0.2) is 5.11 Å². The summed E-state index contributed by atoms with van der Waals surface area (Å²) in [5.41, 5.74) is 1.71. The van der Waals surface area contributed by atoms with E-state index < -0.39 is 11.5 Å². The summed E-state index contributed by atoms with van der Waals surface area (Å²) in [6, 6.07) is 10.7. The Bertz CT molecular complexity index is 518. The Morgan fingerprint density at radius 1 is 1.20 bits per heavy atom. The lowest BCUT2D eigenvalue weighted by atomic mass is 9.66. The van der Waals surface area contributed by atoms with Gasteiger partial charge in [-0.05, 0) is 61.5 Å². The first kappa shape index (κ1) is 13.6. The summed E-state index contributed by atoms with van der Waals surface area (Å²) in [6.45, 7) is 2.24. The zero-order chi connectivity index (χ0) is 14.2. The second kappa shape index (κ2) is 5.22. The van der Waals surface area contributed by atoms with Crippen LogP contribution in [0.1, 0.15) is 68.6 Å². The lowest BCUT2D eigenvalue weighted by molar-refractivity contribution is 0.0260. The fourth-order valence-electron chi connectivity index (χ4n) is 3.55. The minimum Gasteiger partial charge on any atom is -0.387 e. The SMILES string of the molecule is CC1CCC(C#N)(C(O)c2ccccc2C2CC2)CC1. The molecule has 2 aliphatic rings. The number of aliphatic hydroxyl groups is 1. The number of nitriles is 1. The van der Waals surface area contributed by atoms with Gasteiger partial charge in [0.15, 0.2) is 0 Å². The van der Waals surface area contributed by atoms with Gasteiger partial charge in [0.1, 0.15) is 0 Å². The Balaban J connectivity index is 1.91. The molecule has 1 aromatic rings. The van der Waals surface area contributed by atoms with Gasteiger partial charge in [-0.15, -0.1) is 0 Å². The van der Waals surface area contributed by atoms with Gasteiger partial charge in [0.2, 0.25) is 0 Å². The van der Waals surface area contributed by atoms with Crippen molar-refractivity contribution in [2.24, 2.45) is 11.3 Å². The Labute approximate surface area is 121 Å². The number of hydrogen-bond donors (Lipinski definition) is 1. The molecule has 0 aromatic heterocycles. The number of rotatable bonds is 3. The van der Waals surface area contributed by atoms with E-state index in [1.165, 1.54) is 18.4 Å². The summed E-state index contributed by atoms with van der Waals surface area (Å²) >= 11 is 0. The average molecular weight is 269 g/mol. The maximum absolute atomic E-state index is 10.9. The lowest BCUT2D eigenvalue weighted by Crippen LogP contribution is -2.32. The fourth-order valence-corrected chi connectivity index (χ4v) is 3.55. The van der Waals surface area contributed by atoms with Crippen LogP contribution in [0.4, 0.5) is 0 Å². The molecule has 0 aliphatic heterocycles. The highest BCUT2D eigenvalue weighted by molar-refractivity contribution is 5.37. The fraction of sp³-hybridized carbons (Fsp3) is 0.611. The number of benzene rings is 1. The molecule has 2 fully saturated rings. The van der Waals surface area contributed by atoms with Crippen LogP contribution in [0.25, 0.3) is 0 Å². The smallest absolute Gasteiger partial charge is 0.0979 e. The normalized spacial score (nSPS) is 31.6. The summed E-state index contributed by atoms with van der Waals surface area (Å²) < 4.78 is 0. The van der Waals surface area contributed by atoms with E-state index in [4.69, 9.17) is 0 Å². The van der Waals surface area contributed by atoms with E-state index in [1.54, 1.807) is 0 Å². The van der Waals surface area contributed by atoms with Crippen LogP contribution in [0.15, 0.2) is 24.3 Å². The molecule has 1 aromatic carbocycles. The topological polar surface area (TPSA) is 44.0 Å². The van der Waals surface area contributed by atoms with Gasteiger partial charge in [0.05, 0.1) is 17.6 Å². The molecule has 2 saturated carbocycles. The Morgan fingerprint density at radius 2 is 1.85 bits per heavy atom. The van der Waals surface area contributed by atoms with Crippen LogP contribution in [0, 0.1) is 22.7 Å². The van der Waals surface area contributed by atoms with Crippen molar-refractivity contribution in [2.45, 2.75) is 57.5 Å². The number of nitrogens with zero attached hydrogens (tertiary/aromatic N) is 1. The van der Waals surface area contributed by atoms with Gasteiger partial charge in [-0.1, -0.05) is 31.2 Å². The Hall–Kier alpha value is -1.33. The first-order valence-corrected chi connectivity index (χ1v) is 7.84. The highest BCUT2D eigenvalue weighted by atomic mass is 16.3. The average Bonchev–Trinajstić information content (AvgIpc) is 3.32. The standard InChI is InChI=1S/C18H23NO/c1-13-8-10-18(12-19,11-9-13)17(20)16-5-3-2-4-15(16)14-6-7-14/h2-5,13-14,17,20H,6-11H2,1H3. The van der Waals surface area contributed by atoms with Gasteiger partial charge in [0, 0.05) is 0 Å². The highest BCUT2D eigenvalue weighted by Gasteiger charge is 2.43. The molecule has 1 unspecified atom stereocenters. The second-order valence-corrected chi connectivity index (χ2v) is 6.76. The van der Waals surface area contributed by atoms with Crippen molar-refractivity contribution >= 4 is 0 Å². The molecule has 0 saturated heterocycles. The first-order valence-electron chi connectivity index (χ1n) is 7.84. The van der Waals surface area contributed by atoms with E-state index in [2.05, 4.69) is 19.1 Å². The third kappa shape index (κ3) is 2.36. The van der Waals surface area contributed by atoms with E-state index in [1.807, 2.05) is 18.2 Å². The van der Waals surface area contributed by atoms with E-state index in [0.29, 0.717) is 11.8 Å². The molecule has 0 heterocycles. The second-order valence-electron chi connectivity index (χ2n) is 6.76. The van der Waals surface area contributed by atoms with Crippen molar-refractivity contribution in [1.82, 2.24) is 0 Å². The van der Waals surface area contributed by atoms with Gasteiger partial charge in [0.25, 0.3) is 0 Å². The predicted octanol–water partition coefficient (Wildman–Crippen LogP) is 4.32. The van der Waals surface area contributed by atoms with Crippen LogP contribution in [-0.2, 0) is 0 Å². The summed E-state index contributed by atoms with van der Waals surface area (Å²) in [5, 5.41) is 20.6. The quantitative estimate of drug-likeness (QED) is 0.888. The van der Waals surface area contributed by atoms with Crippen LogP contribution < -0.4 is 0 Å². The van der Waals surface area contributed by atoms with Crippen LogP contribution in [0.5, 0.6) is 0 Å². The third-order valence-corrected chi connectivity index (χ3v) is 5.22. The zero-order valence-electron chi connectivity index (χ0n) is 12.2. The molecular formula is C18H23NO. The molecule has 20 heavy (non-hydrogen) atoms. The zero-order valence-corrected chi connectivity index (χ0v) is 12.2. The van der Waals surface area contributed by atoms with Gasteiger partial charge in [-0.2, -0.15) is 5.26 Å². The third-order valence-electron chi connectivity index (χ3n) is 5.22. The molecule has 3 rings (SSSR count). The van der Waals surface area contributed by atoms with Gasteiger partial charge in [-0.3, -0.25) is 0 Å². The van der Waals surface area contributed by atoms with Crippen molar-refractivity contribution in [2.75, 3.05) is 0 Å². The molecule has 0 bridgehead atoms. The van der Waals surface area contributed by atoms with Crippen molar-refractivity contribution in [3.63, 3.8) is 0 Å². The highest BCUT2D eigenvalue weighted by Crippen LogP contribution is 2.50. The van der Waals surface area contributed by atoms with Gasteiger partial charge >= 0.3 is 0 Å². The molecule has 0 radical (unpaired) electrons. The molecule has 1 atom stereocenters. The minimum atomic E-state index is -0.628. The molecular weight excluding hydrogens is 246 g/mol. The summed E-state index contributed by atoms with van der Waals surface area (Å²) in [6.07, 6.45) is 5.57. The lowest BCUT2D eigenvalue weighted by Gasteiger charge is -2.38. The van der Waals surface area contributed by atoms with Crippen molar-refractivity contribution in [3.8, 4) is 6.07 Å². The molecule has 1 N–H and O–H groups in total. The summed E-state index contributed by atoms with van der Waals surface area (Å²) in [5.74, 6) is 1.29. The summed E-state index contributed by atoms with van der Waals surface area (Å²) in [7, 11) is 0. The minimum absolute atomic E-state index is 0.572. The Morgan fingerprint density at radius 3 is 2.45 bits per heavy atom. The van der Waals surface area contributed by atoms with Crippen LogP contribution in [0.2, 0.25) is 0 Å². The van der Waals surface area contributed by atoms with Gasteiger partial charge in [-0.25, -0.2) is 0 Å². The molecule has 0 amide bonds. The number of aliphatic hydroxyl groups excluding tert-OH is 1. The van der Waals surface area contributed by atoms with E-state index >= 15 is 0 Å². The first-order chi connectivity index (χ1) is 9.66. The van der Waals surface area contributed by atoms with Gasteiger partial charge < -0.3 is 5.11 Å². The van der Waals surface area contributed by atoms with E-state index in [0.717, 1.165) is 31.2 Å². The molecule has 2 heteroatoms. The predicted molar refractivity (Wildman–Crippen MR) is 79.1 cm³/mol. The maximum Gasteiger partial charge on any atom is 0.0979 e. The molecule has 2 aliphatic carbocycles.